The minimum Gasteiger partial charge on any atom is -0.469 e. The maximum atomic E-state index is 10.7. The van der Waals surface area contributed by atoms with Crippen LogP contribution in [0.2, 0.25) is 0 Å². The summed E-state index contributed by atoms with van der Waals surface area (Å²) in [6.07, 6.45) is 4.30. The lowest BCUT2D eigenvalue weighted by Gasteiger charge is -2.11. The van der Waals surface area contributed by atoms with Crippen LogP contribution in [-0.2, 0) is 9.53 Å². The number of aliphatic hydroxyl groups excluding tert-OH is 1. The van der Waals surface area contributed by atoms with E-state index in [2.05, 4.69) is 4.74 Å². The third-order valence-corrected chi connectivity index (χ3v) is 1.89. The first kappa shape index (κ1) is 8.27. The Bertz CT molecular complexity index is 174. The summed E-state index contributed by atoms with van der Waals surface area (Å²) in [5, 5.41) is 9.26. The topological polar surface area (TPSA) is 46.5 Å². The lowest BCUT2D eigenvalue weighted by atomic mass is 10.0. The molecule has 0 spiro atoms. The fourth-order valence-electron chi connectivity index (χ4n) is 1.18. The zero-order chi connectivity index (χ0) is 8.27. The van der Waals surface area contributed by atoms with E-state index < -0.39 is 6.10 Å². The second kappa shape index (κ2) is 3.53. The van der Waals surface area contributed by atoms with E-state index in [1.807, 2.05) is 12.2 Å². The second-order valence-electron chi connectivity index (χ2n) is 2.68. The molecule has 2 atom stereocenters. The number of rotatable bonds is 2. The normalized spacial score (nSPS) is 28.9. The standard InChI is InChI=1S/C8H12O3/c1-11-8(10)5-6-3-2-4-7(6)9/h2-3,6-7,9H,4-5H2,1H3/t6-,7-/m0/s1. The summed E-state index contributed by atoms with van der Waals surface area (Å²) in [4.78, 5) is 10.7. The molecule has 0 aromatic carbocycles. The van der Waals surface area contributed by atoms with Crippen LogP contribution in [0.1, 0.15) is 12.8 Å². The van der Waals surface area contributed by atoms with E-state index in [1.165, 1.54) is 7.11 Å². The molecule has 1 rings (SSSR count). The first-order valence-corrected chi connectivity index (χ1v) is 3.65. The molecule has 62 valence electrons. The van der Waals surface area contributed by atoms with Gasteiger partial charge in [-0.3, -0.25) is 4.79 Å². The first-order chi connectivity index (χ1) is 5.24. The van der Waals surface area contributed by atoms with Crippen LogP contribution in [0.15, 0.2) is 12.2 Å². The van der Waals surface area contributed by atoms with Crippen LogP contribution in [0.3, 0.4) is 0 Å². The predicted molar refractivity (Wildman–Crippen MR) is 39.9 cm³/mol. The van der Waals surface area contributed by atoms with E-state index in [-0.39, 0.29) is 18.3 Å². The van der Waals surface area contributed by atoms with Gasteiger partial charge in [0.15, 0.2) is 0 Å². The fraction of sp³-hybridized carbons (Fsp3) is 0.625. The van der Waals surface area contributed by atoms with E-state index in [0.717, 1.165) is 0 Å². The van der Waals surface area contributed by atoms with E-state index in [1.54, 1.807) is 0 Å². The van der Waals surface area contributed by atoms with E-state index in [4.69, 9.17) is 0 Å². The number of hydrogen-bond acceptors (Lipinski definition) is 3. The summed E-state index contributed by atoms with van der Waals surface area (Å²) in [6, 6.07) is 0. The highest BCUT2D eigenvalue weighted by Crippen LogP contribution is 2.21. The zero-order valence-electron chi connectivity index (χ0n) is 6.49. The molecule has 0 aliphatic heterocycles. The number of carbonyl (C=O) groups is 1. The third-order valence-electron chi connectivity index (χ3n) is 1.89. The van der Waals surface area contributed by atoms with Crippen molar-refractivity contribution in [2.75, 3.05) is 7.11 Å². The van der Waals surface area contributed by atoms with Gasteiger partial charge in [0.25, 0.3) is 0 Å². The Kier molecular flexibility index (Phi) is 2.65. The molecule has 0 fully saturated rings. The summed E-state index contributed by atoms with van der Waals surface area (Å²) < 4.78 is 4.48. The molecule has 0 radical (unpaired) electrons. The zero-order valence-corrected chi connectivity index (χ0v) is 6.49. The van der Waals surface area contributed by atoms with E-state index in [9.17, 15) is 9.90 Å². The maximum absolute atomic E-state index is 10.7. The summed E-state index contributed by atoms with van der Waals surface area (Å²) in [6.45, 7) is 0. The molecule has 3 nitrogen and oxygen atoms in total. The van der Waals surface area contributed by atoms with Crippen molar-refractivity contribution in [1.29, 1.82) is 0 Å². The molecule has 1 aliphatic carbocycles. The van der Waals surface area contributed by atoms with Crippen molar-refractivity contribution in [1.82, 2.24) is 0 Å². The van der Waals surface area contributed by atoms with Gasteiger partial charge in [0.1, 0.15) is 0 Å². The largest absolute Gasteiger partial charge is 0.469 e. The monoisotopic (exact) mass is 156 g/mol. The van der Waals surface area contributed by atoms with Gasteiger partial charge in [0.05, 0.1) is 19.6 Å². The quantitative estimate of drug-likeness (QED) is 0.467. The highest BCUT2D eigenvalue weighted by atomic mass is 16.5. The molecule has 1 aliphatic rings. The highest BCUT2D eigenvalue weighted by Gasteiger charge is 2.22. The summed E-state index contributed by atoms with van der Waals surface area (Å²) in [5.74, 6) is -0.303. The molecular weight excluding hydrogens is 144 g/mol. The molecule has 0 aromatic rings. The van der Waals surface area contributed by atoms with Crippen LogP contribution in [0, 0.1) is 5.92 Å². The Morgan fingerprint density at radius 1 is 1.82 bits per heavy atom. The Morgan fingerprint density at radius 3 is 3.00 bits per heavy atom. The van der Waals surface area contributed by atoms with Crippen molar-refractivity contribution < 1.29 is 14.6 Å². The average Bonchev–Trinajstić information content (AvgIpc) is 2.37. The lowest BCUT2D eigenvalue weighted by molar-refractivity contribution is -0.142. The molecule has 0 bridgehead atoms. The van der Waals surface area contributed by atoms with Crippen molar-refractivity contribution in [3.8, 4) is 0 Å². The van der Waals surface area contributed by atoms with Crippen molar-refractivity contribution >= 4 is 5.97 Å². The maximum Gasteiger partial charge on any atom is 0.306 e. The molecule has 0 heterocycles. The minimum absolute atomic E-state index is 0.0394. The predicted octanol–water partition coefficient (Wildman–Crippen LogP) is 0.486. The van der Waals surface area contributed by atoms with Crippen molar-refractivity contribution in [2.45, 2.75) is 18.9 Å². The molecule has 0 amide bonds. The smallest absolute Gasteiger partial charge is 0.306 e. The van der Waals surface area contributed by atoms with Gasteiger partial charge in [-0.25, -0.2) is 0 Å². The summed E-state index contributed by atoms with van der Waals surface area (Å²) >= 11 is 0. The van der Waals surface area contributed by atoms with E-state index >= 15 is 0 Å². The molecule has 0 unspecified atom stereocenters. The first-order valence-electron chi connectivity index (χ1n) is 3.65. The Balaban J connectivity index is 2.36. The summed E-state index contributed by atoms with van der Waals surface area (Å²) in [7, 11) is 1.35. The molecule has 1 N–H and O–H groups in total. The SMILES string of the molecule is COC(=O)C[C@@H]1C=CC[C@@H]1O. The van der Waals surface area contributed by atoms with Gasteiger partial charge in [-0.05, 0) is 6.42 Å². The molecule has 3 heteroatoms. The third kappa shape index (κ3) is 2.05. The van der Waals surface area contributed by atoms with Gasteiger partial charge in [0, 0.05) is 5.92 Å². The van der Waals surface area contributed by atoms with Crippen LogP contribution in [-0.4, -0.2) is 24.3 Å². The van der Waals surface area contributed by atoms with Crippen LogP contribution in [0.25, 0.3) is 0 Å². The van der Waals surface area contributed by atoms with Crippen LogP contribution < -0.4 is 0 Å². The average molecular weight is 156 g/mol. The number of esters is 1. The van der Waals surface area contributed by atoms with Crippen LogP contribution in [0.5, 0.6) is 0 Å². The Labute approximate surface area is 65.7 Å². The molecule has 11 heavy (non-hydrogen) atoms. The fourth-order valence-corrected chi connectivity index (χ4v) is 1.18. The Morgan fingerprint density at radius 2 is 2.55 bits per heavy atom. The van der Waals surface area contributed by atoms with Crippen molar-refractivity contribution in [3.63, 3.8) is 0 Å². The van der Waals surface area contributed by atoms with Gasteiger partial charge in [-0.1, -0.05) is 12.2 Å². The van der Waals surface area contributed by atoms with Gasteiger partial charge in [-0.2, -0.15) is 0 Å². The van der Waals surface area contributed by atoms with Gasteiger partial charge < -0.3 is 9.84 Å². The molecule has 0 saturated heterocycles. The minimum atomic E-state index is -0.394. The number of hydrogen-bond donors (Lipinski definition) is 1. The highest BCUT2D eigenvalue weighted by molar-refractivity contribution is 5.69. The van der Waals surface area contributed by atoms with Gasteiger partial charge in [0.2, 0.25) is 0 Å². The summed E-state index contributed by atoms with van der Waals surface area (Å²) in [5.41, 5.74) is 0. The molecule has 0 saturated carbocycles. The lowest BCUT2D eigenvalue weighted by Crippen LogP contribution is -2.17. The molecule has 0 aromatic heterocycles. The molecular formula is C8H12O3. The van der Waals surface area contributed by atoms with Crippen LogP contribution >= 0.6 is 0 Å². The Hall–Kier alpha value is -0.830. The number of ether oxygens (including phenoxy) is 1. The second-order valence-corrected chi connectivity index (χ2v) is 2.68. The number of aliphatic hydroxyl groups is 1. The van der Waals surface area contributed by atoms with Gasteiger partial charge in [-0.15, -0.1) is 0 Å². The van der Waals surface area contributed by atoms with E-state index in [0.29, 0.717) is 6.42 Å². The van der Waals surface area contributed by atoms with Crippen LogP contribution in [0.4, 0.5) is 0 Å². The van der Waals surface area contributed by atoms with Gasteiger partial charge >= 0.3 is 5.97 Å². The number of carbonyl (C=O) groups excluding carboxylic acids is 1. The number of methoxy groups -OCH3 is 1. The van der Waals surface area contributed by atoms with Crippen molar-refractivity contribution in [2.24, 2.45) is 5.92 Å². The van der Waals surface area contributed by atoms with Crippen molar-refractivity contribution in [3.05, 3.63) is 12.2 Å².